The topological polar surface area (TPSA) is 78.5 Å². The molecule has 2 aromatic heterocycles. The Morgan fingerprint density at radius 1 is 1.24 bits per heavy atom. The molecule has 0 spiro atoms. The van der Waals surface area contributed by atoms with Gasteiger partial charge in [0.1, 0.15) is 5.52 Å². The lowest BCUT2D eigenvalue weighted by Crippen LogP contribution is -2.05. The Morgan fingerprint density at radius 2 is 2.10 bits per heavy atom. The first kappa shape index (κ1) is 13.9. The number of halogens is 2. The van der Waals surface area contributed by atoms with E-state index < -0.39 is 0 Å². The second-order valence-electron chi connectivity index (χ2n) is 4.28. The van der Waals surface area contributed by atoms with Gasteiger partial charge in [-0.3, -0.25) is 0 Å². The van der Waals surface area contributed by atoms with E-state index in [0.717, 1.165) is 6.54 Å². The molecule has 0 bridgehead atoms. The van der Waals surface area contributed by atoms with Crippen LogP contribution in [0.5, 0.6) is 0 Å². The molecular formula is C13H12Cl2N6. The van der Waals surface area contributed by atoms with Crippen LogP contribution >= 0.6 is 23.2 Å². The number of nitrogens with one attached hydrogen (secondary N) is 3. The number of anilines is 3. The largest absolute Gasteiger partial charge is 0.354 e. The standard InChI is InChI=1S/C13H12Cl2N6/c1-2-16-13-20-11-10(17-6-18-11)12(21-13)19-9-4-3-7(14)5-8(9)15/h3-6H,2H2,1H3,(H3,16,17,18,19,20,21). The molecule has 3 aromatic rings. The number of aromatic nitrogens is 4. The Kier molecular flexibility index (Phi) is 3.81. The molecule has 0 unspecified atom stereocenters. The number of hydrogen-bond donors (Lipinski definition) is 3. The van der Waals surface area contributed by atoms with E-state index in [2.05, 4.69) is 30.6 Å². The average Bonchev–Trinajstić information content (AvgIpc) is 2.91. The highest BCUT2D eigenvalue weighted by Crippen LogP contribution is 2.29. The molecule has 1 aromatic carbocycles. The molecule has 6 nitrogen and oxygen atoms in total. The molecule has 3 rings (SSSR count). The van der Waals surface area contributed by atoms with Gasteiger partial charge in [-0.2, -0.15) is 9.97 Å². The fourth-order valence-electron chi connectivity index (χ4n) is 1.88. The van der Waals surface area contributed by atoms with E-state index in [1.54, 1.807) is 24.5 Å². The monoisotopic (exact) mass is 322 g/mol. The van der Waals surface area contributed by atoms with E-state index in [-0.39, 0.29) is 0 Å². The summed E-state index contributed by atoms with van der Waals surface area (Å²) in [6, 6.07) is 5.22. The van der Waals surface area contributed by atoms with Crippen LogP contribution in [0.15, 0.2) is 24.5 Å². The first-order chi connectivity index (χ1) is 10.2. The van der Waals surface area contributed by atoms with Gasteiger partial charge in [-0.25, -0.2) is 4.98 Å². The van der Waals surface area contributed by atoms with E-state index in [0.29, 0.717) is 38.7 Å². The van der Waals surface area contributed by atoms with Crippen LogP contribution in [-0.2, 0) is 0 Å². The van der Waals surface area contributed by atoms with Crippen LogP contribution in [0.3, 0.4) is 0 Å². The lowest BCUT2D eigenvalue weighted by molar-refractivity contribution is 1.10. The van der Waals surface area contributed by atoms with Crippen molar-refractivity contribution in [3.05, 3.63) is 34.6 Å². The van der Waals surface area contributed by atoms with Crippen LogP contribution in [0, 0.1) is 0 Å². The van der Waals surface area contributed by atoms with E-state index in [1.807, 2.05) is 6.92 Å². The highest BCUT2D eigenvalue weighted by Gasteiger charge is 2.11. The second kappa shape index (κ2) is 5.75. The van der Waals surface area contributed by atoms with Crippen LogP contribution < -0.4 is 10.6 Å². The van der Waals surface area contributed by atoms with Gasteiger partial charge >= 0.3 is 0 Å². The lowest BCUT2D eigenvalue weighted by Gasteiger charge is -2.10. The van der Waals surface area contributed by atoms with Crippen molar-refractivity contribution in [2.75, 3.05) is 17.2 Å². The minimum atomic E-state index is 0.504. The third-order valence-electron chi connectivity index (χ3n) is 2.80. The van der Waals surface area contributed by atoms with Gasteiger partial charge in [0, 0.05) is 11.6 Å². The van der Waals surface area contributed by atoms with Crippen molar-refractivity contribution >= 4 is 51.8 Å². The van der Waals surface area contributed by atoms with E-state index >= 15 is 0 Å². The van der Waals surface area contributed by atoms with Gasteiger partial charge in [0.2, 0.25) is 5.95 Å². The van der Waals surface area contributed by atoms with Gasteiger partial charge in [0.05, 0.1) is 17.0 Å². The molecule has 0 fully saturated rings. The first-order valence-electron chi connectivity index (χ1n) is 6.34. The molecular weight excluding hydrogens is 311 g/mol. The predicted octanol–water partition coefficient (Wildman–Crippen LogP) is 3.84. The molecule has 0 aliphatic rings. The second-order valence-corrected chi connectivity index (χ2v) is 5.12. The van der Waals surface area contributed by atoms with Crippen LogP contribution in [0.4, 0.5) is 17.5 Å². The summed E-state index contributed by atoms with van der Waals surface area (Å²) in [5, 5.41) is 7.33. The molecule has 3 N–H and O–H groups in total. The molecule has 0 saturated heterocycles. The van der Waals surface area contributed by atoms with E-state index in [4.69, 9.17) is 23.2 Å². The third kappa shape index (κ3) is 2.86. The smallest absolute Gasteiger partial charge is 0.226 e. The zero-order valence-corrected chi connectivity index (χ0v) is 12.6. The number of aromatic amines is 1. The molecule has 0 aliphatic carbocycles. The number of hydrogen-bond acceptors (Lipinski definition) is 5. The van der Waals surface area contributed by atoms with Gasteiger partial charge in [-0.15, -0.1) is 0 Å². The predicted molar refractivity (Wildman–Crippen MR) is 85.6 cm³/mol. The summed E-state index contributed by atoms with van der Waals surface area (Å²) in [7, 11) is 0. The Bertz CT molecular complexity index is 785. The van der Waals surface area contributed by atoms with Crippen LogP contribution in [0.1, 0.15) is 6.92 Å². The van der Waals surface area contributed by atoms with Crippen molar-refractivity contribution < 1.29 is 0 Å². The quantitative estimate of drug-likeness (QED) is 0.680. The highest BCUT2D eigenvalue weighted by atomic mass is 35.5. The summed E-state index contributed by atoms with van der Waals surface area (Å²) in [6.07, 6.45) is 1.57. The Labute approximate surface area is 130 Å². The molecule has 0 atom stereocenters. The normalized spacial score (nSPS) is 10.8. The van der Waals surface area contributed by atoms with Crippen molar-refractivity contribution in [3.8, 4) is 0 Å². The third-order valence-corrected chi connectivity index (χ3v) is 3.35. The Morgan fingerprint density at radius 3 is 2.86 bits per heavy atom. The molecule has 0 radical (unpaired) electrons. The van der Waals surface area contributed by atoms with Crippen molar-refractivity contribution in [3.63, 3.8) is 0 Å². The Hall–Kier alpha value is -2.05. The van der Waals surface area contributed by atoms with Gasteiger partial charge in [-0.05, 0) is 25.1 Å². The van der Waals surface area contributed by atoms with Gasteiger partial charge in [0.25, 0.3) is 0 Å². The number of rotatable bonds is 4. The minimum Gasteiger partial charge on any atom is -0.354 e. The first-order valence-corrected chi connectivity index (χ1v) is 7.10. The molecule has 108 valence electrons. The van der Waals surface area contributed by atoms with Gasteiger partial charge in [0.15, 0.2) is 11.5 Å². The summed E-state index contributed by atoms with van der Waals surface area (Å²) in [4.78, 5) is 15.9. The van der Waals surface area contributed by atoms with Crippen LogP contribution in [-0.4, -0.2) is 26.5 Å². The summed E-state index contributed by atoms with van der Waals surface area (Å²) in [5.74, 6) is 1.10. The van der Waals surface area contributed by atoms with Crippen molar-refractivity contribution in [1.82, 2.24) is 19.9 Å². The fourth-order valence-corrected chi connectivity index (χ4v) is 2.33. The molecule has 0 saturated carbocycles. The minimum absolute atomic E-state index is 0.504. The zero-order chi connectivity index (χ0) is 14.8. The maximum atomic E-state index is 6.17. The Balaban J connectivity index is 2.04. The summed E-state index contributed by atoms with van der Waals surface area (Å²) in [6.45, 7) is 2.69. The lowest BCUT2D eigenvalue weighted by atomic mass is 10.3. The summed E-state index contributed by atoms with van der Waals surface area (Å²) in [5.41, 5.74) is 1.99. The average molecular weight is 323 g/mol. The molecule has 0 aliphatic heterocycles. The summed E-state index contributed by atoms with van der Waals surface area (Å²) < 4.78 is 0. The van der Waals surface area contributed by atoms with Gasteiger partial charge in [-0.1, -0.05) is 23.2 Å². The van der Waals surface area contributed by atoms with E-state index in [1.165, 1.54) is 0 Å². The number of fused-ring (bicyclic) bond motifs is 1. The highest BCUT2D eigenvalue weighted by molar-refractivity contribution is 6.36. The van der Waals surface area contributed by atoms with Crippen molar-refractivity contribution in [2.45, 2.75) is 6.92 Å². The molecule has 0 amide bonds. The number of H-pyrrole nitrogens is 1. The van der Waals surface area contributed by atoms with Crippen LogP contribution in [0.25, 0.3) is 11.2 Å². The molecule has 8 heteroatoms. The van der Waals surface area contributed by atoms with E-state index in [9.17, 15) is 0 Å². The maximum absolute atomic E-state index is 6.17. The fraction of sp³-hybridized carbons (Fsp3) is 0.154. The number of nitrogens with zero attached hydrogens (tertiary/aromatic N) is 3. The molecule has 2 heterocycles. The summed E-state index contributed by atoms with van der Waals surface area (Å²) >= 11 is 12.1. The maximum Gasteiger partial charge on any atom is 0.226 e. The zero-order valence-electron chi connectivity index (χ0n) is 11.1. The SMILES string of the molecule is CCNc1nc(Nc2ccc(Cl)cc2Cl)c2[nH]cnc2n1. The number of benzene rings is 1. The van der Waals surface area contributed by atoms with Crippen molar-refractivity contribution in [1.29, 1.82) is 0 Å². The van der Waals surface area contributed by atoms with Gasteiger partial charge < -0.3 is 15.6 Å². The number of imidazole rings is 1. The molecule has 21 heavy (non-hydrogen) atoms. The van der Waals surface area contributed by atoms with Crippen LogP contribution in [0.2, 0.25) is 10.0 Å². The van der Waals surface area contributed by atoms with Crippen molar-refractivity contribution in [2.24, 2.45) is 0 Å².